The second kappa shape index (κ2) is 9.43. The second-order valence-electron chi connectivity index (χ2n) is 9.28. The maximum atomic E-state index is 14.6. The molecular formula is C33H24FNO2S. The monoisotopic (exact) mass is 517 g/mol. The van der Waals surface area contributed by atoms with Crippen LogP contribution in [-0.2, 0) is 10.0 Å². The van der Waals surface area contributed by atoms with E-state index >= 15 is 0 Å². The van der Waals surface area contributed by atoms with E-state index in [0.29, 0.717) is 22.2 Å². The van der Waals surface area contributed by atoms with Crippen molar-refractivity contribution in [1.29, 1.82) is 0 Å². The molecule has 0 aliphatic carbocycles. The van der Waals surface area contributed by atoms with E-state index < -0.39 is 15.8 Å². The molecule has 0 fully saturated rings. The first-order valence-electron chi connectivity index (χ1n) is 12.3. The first-order valence-corrected chi connectivity index (χ1v) is 13.7. The summed E-state index contributed by atoms with van der Waals surface area (Å²) >= 11 is 0. The van der Waals surface area contributed by atoms with Crippen LogP contribution in [0.4, 0.5) is 4.39 Å². The highest BCUT2D eigenvalue weighted by Crippen LogP contribution is 2.43. The summed E-state index contributed by atoms with van der Waals surface area (Å²) in [6.07, 6.45) is 0. The molecule has 186 valence electrons. The lowest BCUT2D eigenvalue weighted by Gasteiger charge is -2.15. The average molecular weight is 518 g/mol. The van der Waals surface area contributed by atoms with E-state index in [-0.39, 0.29) is 4.90 Å². The summed E-state index contributed by atoms with van der Waals surface area (Å²) in [6.45, 7) is 1.91. The van der Waals surface area contributed by atoms with Crippen molar-refractivity contribution in [2.45, 2.75) is 11.8 Å². The molecule has 0 aliphatic heterocycles. The van der Waals surface area contributed by atoms with E-state index in [1.54, 1.807) is 30.3 Å². The Labute approximate surface area is 221 Å². The van der Waals surface area contributed by atoms with Gasteiger partial charge in [0.2, 0.25) is 0 Å². The van der Waals surface area contributed by atoms with Gasteiger partial charge in [0.15, 0.2) is 0 Å². The van der Waals surface area contributed by atoms with Crippen molar-refractivity contribution >= 4 is 20.9 Å². The number of nitrogens with zero attached hydrogens (tertiary/aromatic N) is 1. The topological polar surface area (TPSA) is 39.1 Å². The normalized spacial score (nSPS) is 11.6. The van der Waals surface area contributed by atoms with Gasteiger partial charge in [-0.25, -0.2) is 16.8 Å². The van der Waals surface area contributed by atoms with Crippen molar-refractivity contribution < 1.29 is 12.8 Å². The summed E-state index contributed by atoms with van der Waals surface area (Å²) in [4.78, 5) is 0.172. The molecule has 0 aliphatic rings. The average Bonchev–Trinajstić information content (AvgIpc) is 3.29. The van der Waals surface area contributed by atoms with Crippen LogP contribution in [0.15, 0.2) is 132 Å². The van der Waals surface area contributed by atoms with Crippen molar-refractivity contribution in [2.75, 3.05) is 0 Å². The lowest BCUT2D eigenvalue weighted by atomic mass is 9.97. The lowest BCUT2D eigenvalue weighted by Crippen LogP contribution is -2.14. The number of halogens is 1. The maximum absolute atomic E-state index is 14.6. The molecule has 1 aromatic heterocycles. The first kappa shape index (κ1) is 23.9. The molecule has 0 unspecified atom stereocenters. The molecule has 1 heterocycles. The van der Waals surface area contributed by atoms with Crippen molar-refractivity contribution in [3.05, 3.63) is 139 Å². The van der Waals surface area contributed by atoms with Gasteiger partial charge >= 0.3 is 0 Å². The highest BCUT2D eigenvalue weighted by molar-refractivity contribution is 7.90. The zero-order valence-electron chi connectivity index (χ0n) is 20.7. The Morgan fingerprint density at radius 3 is 1.79 bits per heavy atom. The highest BCUT2D eigenvalue weighted by atomic mass is 32.2. The van der Waals surface area contributed by atoms with Gasteiger partial charge in [0.25, 0.3) is 10.0 Å². The van der Waals surface area contributed by atoms with Crippen LogP contribution in [0.25, 0.3) is 44.4 Å². The summed E-state index contributed by atoms with van der Waals surface area (Å²) in [6, 6.07) is 38.4. The van der Waals surface area contributed by atoms with Gasteiger partial charge in [-0.3, -0.25) is 0 Å². The lowest BCUT2D eigenvalue weighted by molar-refractivity contribution is 0.589. The molecule has 0 spiro atoms. The third kappa shape index (κ3) is 4.11. The molecule has 0 saturated carbocycles. The summed E-state index contributed by atoms with van der Waals surface area (Å²) in [7, 11) is -4.03. The van der Waals surface area contributed by atoms with Crippen molar-refractivity contribution in [2.24, 2.45) is 0 Å². The van der Waals surface area contributed by atoms with Crippen molar-refractivity contribution in [1.82, 2.24) is 3.97 Å². The summed E-state index contributed by atoms with van der Waals surface area (Å²) in [5.41, 5.74) is 6.17. The van der Waals surface area contributed by atoms with E-state index in [4.69, 9.17) is 0 Å². The Kier molecular flexibility index (Phi) is 5.93. The van der Waals surface area contributed by atoms with Gasteiger partial charge in [0, 0.05) is 10.9 Å². The third-order valence-electron chi connectivity index (χ3n) is 6.77. The Hall–Kier alpha value is -4.48. The Balaban J connectivity index is 1.69. The van der Waals surface area contributed by atoms with Crippen LogP contribution in [0.1, 0.15) is 5.56 Å². The second-order valence-corrected chi connectivity index (χ2v) is 11.1. The molecule has 38 heavy (non-hydrogen) atoms. The van der Waals surface area contributed by atoms with Crippen LogP contribution in [-0.4, -0.2) is 12.4 Å². The van der Waals surface area contributed by atoms with Crippen LogP contribution < -0.4 is 0 Å². The van der Waals surface area contributed by atoms with Gasteiger partial charge in [0.1, 0.15) is 5.82 Å². The van der Waals surface area contributed by atoms with Gasteiger partial charge in [-0.15, -0.1) is 0 Å². The number of fused-ring (bicyclic) bond motifs is 1. The molecule has 0 N–H and O–H groups in total. The van der Waals surface area contributed by atoms with E-state index in [1.165, 1.54) is 16.1 Å². The first-order chi connectivity index (χ1) is 18.4. The van der Waals surface area contributed by atoms with Crippen LogP contribution in [0.5, 0.6) is 0 Å². The molecule has 0 bridgehead atoms. The van der Waals surface area contributed by atoms with E-state index in [0.717, 1.165) is 27.8 Å². The zero-order valence-corrected chi connectivity index (χ0v) is 21.5. The quantitative estimate of drug-likeness (QED) is 0.231. The molecule has 5 aromatic carbocycles. The summed E-state index contributed by atoms with van der Waals surface area (Å²) in [5, 5.41) is 0.536. The number of rotatable bonds is 5. The third-order valence-corrected chi connectivity index (χ3v) is 8.50. The number of hydrogen-bond acceptors (Lipinski definition) is 2. The van der Waals surface area contributed by atoms with Gasteiger partial charge in [0.05, 0.1) is 16.1 Å². The summed E-state index contributed by atoms with van der Waals surface area (Å²) < 4.78 is 44.5. The number of aromatic nitrogens is 1. The number of benzene rings is 5. The fourth-order valence-corrected chi connectivity index (χ4v) is 6.46. The smallest absolute Gasteiger partial charge is 0.233 e. The van der Waals surface area contributed by atoms with Gasteiger partial charge < -0.3 is 0 Å². The SMILES string of the molecule is Cc1ccc(S(=O)(=O)n2c(-c3ccc(-c4ccccc4)cc3)c(-c3ccccc3)c3cc(F)ccc32)cc1. The van der Waals surface area contributed by atoms with Gasteiger partial charge in [-0.2, -0.15) is 0 Å². The number of aryl methyl sites for hydroxylation is 1. The van der Waals surface area contributed by atoms with Crippen LogP contribution in [0.2, 0.25) is 0 Å². The van der Waals surface area contributed by atoms with Gasteiger partial charge in [-0.05, 0) is 59.5 Å². The van der Waals surface area contributed by atoms with Crippen molar-refractivity contribution in [3.8, 4) is 33.5 Å². The fourth-order valence-electron chi connectivity index (χ4n) is 4.91. The predicted molar refractivity (Wildman–Crippen MR) is 152 cm³/mol. The minimum Gasteiger partial charge on any atom is -0.233 e. The summed E-state index contributed by atoms with van der Waals surface area (Å²) in [5.74, 6) is -0.425. The molecule has 0 saturated heterocycles. The number of hydrogen-bond donors (Lipinski definition) is 0. The molecule has 0 radical (unpaired) electrons. The van der Waals surface area contributed by atoms with E-state index in [2.05, 4.69) is 0 Å². The van der Waals surface area contributed by atoms with Gasteiger partial charge in [-0.1, -0.05) is 103 Å². The molecular weight excluding hydrogens is 493 g/mol. The fraction of sp³-hybridized carbons (Fsp3) is 0.0303. The Bertz CT molecular complexity index is 1860. The molecule has 0 amide bonds. The molecule has 0 atom stereocenters. The minimum atomic E-state index is -4.03. The minimum absolute atomic E-state index is 0.172. The Morgan fingerprint density at radius 1 is 0.605 bits per heavy atom. The van der Waals surface area contributed by atoms with E-state index in [1.807, 2.05) is 91.9 Å². The Morgan fingerprint density at radius 2 is 1.16 bits per heavy atom. The van der Waals surface area contributed by atoms with Crippen LogP contribution in [0.3, 0.4) is 0 Å². The zero-order chi connectivity index (χ0) is 26.3. The maximum Gasteiger partial charge on any atom is 0.268 e. The standard InChI is InChI=1S/C33H24FNO2S/c1-23-12-19-29(20-13-23)38(36,37)35-31-21-18-28(34)22-30(31)32(26-10-6-3-7-11-26)33(35)27-16-14-25(15-17-27)24-8-4-2-5-9-24/h2-22H,1H3. The predicted octanol–water partition coefficient (Wildman–Crippen LogP) is 8.33. The molecule has 6 aromatic rings. The van der Waals surface area contributed by atoms with E-state index in [9.17, 15) is 12.8 Å². The van der Waals surface area contributed by atoms with Crippen LogP contribution >= 0.6 is 0 Å². The highest BCUT2D eigenvalue weighted by Gasteiger charge is 2.29. The molecule has 5 heteroatoms. The molecule has 3 nitrogen and oxygen atoms in total. The molecule has 6 rings (SSSR count). The van der Waals surface area contributed by atoms with Crippen LogP contribution in [0, 0.1) is 12.7 Å². The van der Waals surface area contributed by atoms with Crippen molar-refractivity contribution in [3.63, 3.8) is 0 Å². The largest absolute Gasteiger partial charge is 0.268 e.